The van der Waals surface area contributed by atoms with Crippen LogP contribution in [0.2, 0.25) is 0 Å². The number of ether oxygens (including phenoxy) is 3. The lowest BCUT2D eigenvalue weighted by Gasteiger charge is -2.18. The first-order valence-electron chi connectivity index (χ1n) is 6.98. The van der Waals surface area contributed by atoms with Gasteiger partial charge in [-0.2, -0.15) is 0 Å². The van der Waals surface area contributed by atoms with Crippen molar-refractivity contribution in [2.45, 2.75) is 44.9 Å². The van der Waals surface area contributed by atoms with Gasteiger partial charge in [-0.3, -0.25) is 4.79 Å². The first-order valence-corrected chi connectivity index (χ1v) is 6.98. The lowest BCUT2D eigenvalue weighted by Crippen LogP contribution is -2.28. The number of aliphatic hydroxyl groups excluding tert-OH is 1. The third-order valence-corrected chi connectivity index (χ3v) is 3.22. The van der Waals surface area contributed by atoms with Crippen LogP contribution in [-0.4, -0.2) is 43.6 Å². The highest BCUT2D eigenvalue weighted by Crippen LogP contribution is 2.10. The summed E-state index contributed by atoms with van der Waals surface area (Å²) in [5.41, 5.74) is 1.01. The fraction of sp³-hybridized carbons (Fsp3) is 0.562. The molecule has 118 valence electrons. The summed E-state index contributed by atoms with van der Waals surface area (Å²) in [5.74, 6) is -0.135. The molecular formula is C16H24O5. The molecule has 0 heterocycles. The SMILES string of the molecule is COC(C[C@H](O)CC(=O)[C@@H](C)OCc1ccccc1)OC. The molecule has 0 spiro atoms. The average Bonchev–Trinajstić information content (AvgIpc) is 2.51. The molecule has 21 heavy (non-hydrogen) atoms. The fourth-order valence-electron chi connectivity index (χ4n) is 1.88. The Morgan fingerprint density at radius 3 is 2.38 bits per heavy atom. The summed E-state index contributed by atoms with van der Waals surface area (Å²) in [4.78, 5) is 12.0. The van der Waals surface area contributed by atoms with E-state index in [9.17, 15) is 9.90 Å². The number of aliphatic hydroxyl groups is 1. The van der Waals surface area contributed by atoms with E-state index in [0.717, 1.165) is 5.56 Å². The zero-order valence-electron chi connectivity index (χ0n) is 12.8. The fourth-order valence-corrected chi connectivity index (χ4v) is 1.88. The van der Waals surface area contributed by atoms with Crippen molar-refractivity contribution in [1.82, 2.24) is 0 Å². The van der Waals surface area contributed by atoms with Crippen molar-refractivity contribution in [3.05, 3.63) is 35.9 Å². The normalized spacial score (nSPS) is 14.1. The van der Waals surface area contributed by atoms with Crippen LogP contribution in [-0.2, 0) is 25.6 Å². The minimum Gasteiger partial charge on any atom is -0.392 e. The number of carbonyl (C=O) groups is 1. The van der Waals surface area contributed by atoms with E-state index >= 15 is 0 Å². The largest absolute Gasteiger partial charge is 0.392 e. The van der Waals surface area contributed by atoms with Crippen LogP contribution < -0.4 is 0 Å². The highest BCUT2D eigenvalue weighted by Gasteiger charge is 2.20. The van der Waals surface area contributed by atoms with Crippen LogP contribution in [0.25, 0.3) is 0 Å². The van der Waals surface area contributed by atoms with Gasteiger partial charge in [-0.15, -0.1) is 0 Å². The van der Waals surface area contributed by atoms with E-state index in [1.165, 1.54) is 14.2 Å². The van der Waals surface area contributed by atoms with Gasteiger partial charge in [0.2, 0.25) is 0 Å². The molecule has 0 aromatic heterocycles. The summed E-state index contributed by atoms with van der Waals surface area (Å²) in [7, 11) is 2.99. The van der Waals surface area contributed by atoms with E-state index in [1.54, 1.807) is 6.92 Å². The molecule has 1 rings (SSSR count). The third kappa shape index (κ3) is 6.82. The van der Waals surface area contributed by atoms with E-state index in [1.807, 2.05) is 30.3 Å². The molecular weight excluding hydrogens is 272 g/mol. The molecule has 5 heteroatoms. The standard InChI is InChI=1S/C16H24O5/c1-12(21-11-13-7-5-4-6-8-13)15(18)9-14(17)10-16(19-2)20-3/h4-8,12,14,16-17H,9-11H2,1-3H3/t12-,14-/m1/s1. The zero-order valence-corrected chi connectivity index (χ0v) is 12.8. The van der Waals surface area contributed by atoms with Gasteiger partial charge in [0.25, 0.3) is 0 Å². The maximum Gasteiger partial charge on any atom is 0.163 e. The Kier molecular flexibility index (Phi) is 8.15. The number of benzene rings is 1. The smallest absolute Gasteiger partial charge is 0.163 e. The Balaban J connectivity index is 2.33. The summed E-state index contributed by atoms with van der Waals surface area (Å²) >= 11 is 0. The number of rotatable bonds is 10. The Morgan fingerprint density at radius 1 is 1.19 bits per heavy atom. The molecule has 1 N–H and O–H groups in total. The van der Waals surface area contributed by atoms with Crippen molar-refractivity contribution in [2.24, 2.45) is 0 Å². The van der Waals surface area contributed by atoms with Gasteiger partial charge in [-0.05, 0) is 12.5 Å². The van der Waals surface area contributed by atoms with Crippen molar-refractivity contribution in [2.75, 3.05) is 14.2 Å². The Morgan fingerprint density at radius 2 is 1.81 bits per heavy atom. The first kappa shape index (κ1) is 17.8. The second-order valence-electron chi connectivity index (χ2n) is 4.90. The molecule has 1 aromatic carbocycles. The van der Waals surface area contributed by atoms with Crippen molar-refractivity contribution in [1.29, 1.82) is 0 Å². The van der Waals surface area contributed by atoms with Crippen LogP contribution in [0.3, 0.4) is 0 Å². The zero-order chi connectivity index (χ0) is 15.7. The van der Waals surface area contributed by atoms with Gasteiger partial charge >= 0.3 is 0 Å². The average molecular weight is 296 g/mol. The van der Waals surface area contributed by atoms with Gasteiger partial charge in [0.05, 0.1) is 12.7 Å². The Labute approximate surface area is 125 Å². The van der Waals surface area contributed by atoms with Crippen LogP contribution >= 0.6 is 0 Å². The number of methoxy groups -OCH3 is 2. The molecule has 0 aliphatic rings. The lowest BCUT2D eigenvalue weighted by molar-refractivity contribution is -0.138. The van der Waals surface area contributed by atoms with Crippen LogP contribution in [0.1, 0.15) is 25.3 Å². The highest BCUT2D eigenvalue weighted by atomic mass is 16.7. The maximum atomic E-state index is 12.0. The van der Waals surface area contributed by atoms with Crippen molar-refractivity contribution >= 4 is 5.78 Å². The van der Waals surface area contributed by atoms with Crippen molar-refractivity contribution < 1.29 is 24.1 Å². The van der Waals surface area contributed by atoms with Gasteiger partial charge in [-0.25, -0.2) is 0 Å². The van der Waals surface area contributed by atoms with E-state index in [4.69, 9.17) is 14.2 Å². The minimum absolute atomic E-state index is 0.0270. The van der Waals surface area contributed by atoms with Crippen molar-refractivity contribution in [3.8, 4) is 0 Å². The predicted octanol–water partition coefficient (Wildman–Crippen LogP) is 1.92. The molecule has 0 aliphatic carbocycles. The maximum absolute atomic E-state index is 12.0. The monoisotopic (exact) mass is 296 g/mol. The molecule has 2 atom stereocenters. The van der Waals surface area contributed by atoms with E-state index in [-0.39, 0.29) is 18.6 Å². The van der Waals surface area contributed by atoms with Crippen LogP contribution in [0.5, 0.6) is 0 Å². The van der Waals surface area contributed by atoms with Crippen LogP contribution in [0, 0.1) is 0 Å². The summed E-state index contributed by atoms with van der Waals surface area (Å²) in [6, 6.07) is 9.65. The summed E-state index contributed by atoms with van der Waals surface area (Å²) in [6.45, 7) is 2.07. The number of Topliss-reactive ketones (excluding diaryl/α,β-unsaturated/α-hetero) is 1. The molecule has 0 saturated heterocycles. The summed E-state index contributed by atoms with van der Waals surface area (Å²) in [6.07, 6.45) is -1.58. The van der Waals surface area contributed by atoms with Crippen LogP contribution in [0.15, 0.2) is 30.3 Å². The molecule has 0 saturated carbocycles. The summed E-state index contributed by atoms with van der Waals surface area (Å²) < 4.78 is 15.5. The van der Waals surface area contributed by atoms with Gasteiger partial charge in [0, 0.05) is 27.1 Å². The summed E-state index contributed by atoms with van der Waals surface area (Å²) in [5, 5.41) is 9.85. The number of carbonyl (C=O) groups excluding carboxylic acids is 1. The quantitative estimate of drug-likeness (QED) is 0.668. The minimum atomic E-state index is -0.801. The van der Waals surface area contributed by atoms with Gasteiger partial charge in [-0.1, -0.05) is 30.3 Å². The van der Waals surface area contributed by atoms with E-state index < -0.39 is 18.5 Å². The van der Waals surface area contributed by atoms with Gasteiger partial charge in [0.15, 0.2) is 12.1 Å². The second-order valence-corrected chi connectivity index (χ2v) is 4.90. The molecule has 0 unspecified atom stereocenters. The van der Waals surface area contributed by atoms with E-state index in [0.29, 0.717) is 6.61 Å². The number of ketones is 1. The first-order chi connectivity index (χ1) is 10.1. The predicted molar refractivity (Wildman–Crippen MR) is 78.7 cm³/mol. The van der Waals surface area contributed by atoms with Gasteiger partial charge in [0.1, 0.15) is 6.10 Å². The molecule has 0 bridgehead atoms. The Hall–Kier alpha value is -1.27. The number of hydrogen-bond donors (Lipinski definition) is 1. The highest BCUT2D eigenvalue weighted by molar-refractivity contribution is 5.83. The third-order valence-electron chi connectivity index (χ3n) is 3.22. The Bertz CT molecular complexity index is 402. The topological polar surface area (TPSA) is 65.0 Å². The molecule has 0 aliphatic heterocycles. The van der Waals surface area contributed by atoms with E-state index in [2.05, 4.69) is 0 Å². The number of hydrogen-bond acceptors (Lipinski definition) is 5. The molecule has 0 radical (unpaired) electrons. The lowest BCUT2D eigenvalue weighted by atomic mass is 10.1. The molecule has 1 aromatic rings. The molecule has 5 nitrogen and oxygen atoms in total. The van der Waals surface area contributed by atoms with Crippen LogP contribution in [0.4, 0.5) is 0 Å². The second kappa shape index (κ2) is 9.63. The van der Waals surface area contributed by atoms with Gasteiger partial charge < -0.3 is 19.3 Å². The van der Waals surface area contributed by atoms with Crippen molar-refractivity contribution in [3.63, 3.8) is 0 Å². The molecule has 0 amide bonds. The molecule has 0 fully saturated rings.